The Kier molecular flexibility index (Phi) is 3.40. The monoisotopic (exact) mass is 251 g/mol. The Morgan fingerprint density at radius 1 is 1.67 bits per heavy atom. The topological polar surface area (TPSA) is 85.6 Å². The lowest BCUT2D eigenvalue weighted by atomic mass is 10.1. The van der Waals surface area contributed by atoms with Gasteiger partial charge in [-0.1, -0.05) is 0 Å². The fourth-order valence-electron chi connectivity index (χ4n) is 2.09. The predicted octanol–water partition coefficient (Wildman–Crippen LogP) is 0.989. The number of nitrogens with zero attached hydrogens (tertiary/aromatic N) is 3. The van der Waals surface area contributed by atoms with Crippen molar-refractivity contribution in [1.29, 1.82) is 0 Å². The third-order valence-corrected chi connectivity index (χ3v) is 2.99. The van der Waals surface area contributed by atoms with Crippen LogP contribution in [0.25, 0.3) is 0 Å². The van der Waals surface area contributed by atoms with E-state index in [0.717, 1.165) is 0 Å². The van der Waals surface area contributed by atoms with Gasteiger partial charge in [0.25, 0.3) is 0 Å². The summed E-state index contributed by atoms with van der Waals surface area (Å²) in [7, 11) is 1.34. The lowest BCUT2D eigenvalue weighted by molar-refractivity contribution is -0.384. The van der Waals surface area contributed by atoms with Gasteiger partial charge in [-0.15, -0.1) is 0 Å². The number of rotatable bonds is 3. The summed E-state index contributed by atoms with van der Waals surface area (Å²) in [5, 5.41) is 10.9. The molecule has 0 radical (unpaired) electrons. The molecule has 1 atom stereocenters. The van der Waals surface area contributed by atoms with Crippen LogP contribution >= 0.6 is 0 Å². The van der Waals surface area contributed by atoms with E-state index in [1.165, 1.54) is 25.4 Å². The number of carbonyl (C=O) groups is 1. The molecule has 1 aliphatic rings. The Hall–Kier alpha value is -2.18. The third-order valence-electron chi connectivity index (χ3n) is 2.99. The van der Waals surface area contributed by atoms with Crippen molar-refractivity contribution in [1.82, 2.24) is 4.98 Å². The number of pyridine rings is 1. The van der Waals surface area contributed by atoms with Gasteiger partial charge in [-0.2, -0.15) is 0 Å². The fraction of sp³-hybridized carbons (Fsp3) is 0.455. The van der Waals surface area contributed by atoms with Gasteiger partial charge in [0.1, 0.15) is 0 Å². The van der Waals surface area contributed by atoms with Crippen molar-refractivity contribution >= 4 is 17.5 Å². The maximum Gasteiger partial charge on any atom is 0.311 e. The number of esters is 1. The van der Waals surface area contributed by atoms with E-state index in [1.807, 2.05) is 0 Å². The predicted molar refractivity (Wildman–Crippen MR) is 63.2 cm³/mol. The smallest absolute Gasteiger partial charge is 0.311 e. The summed E-state index contributed by atoms with van der Waals surface area (Å²) in [5.74, 6) is -0.207. The Balaban J connectivity index is 2.19. The fourth-order valence-corrected chi connectivity index (χ4v) is 2.09. The first-order valence-corrected chi connectivity index (χ1v) is 5.55. The molecule has 1 saturated heterocycles. The maximum absolute atomic E-state index is 11.4. The van der Waals surface area contributed by atoms with E-state index >= 15 is 0 Å². The van der Waals surface area contributed by atoms with E-state index in [-0.39, 0.29) is 17.6 Å². The number of ether oxygens (including phenoxy) is 1. The second kappa shape index (κ2) is 4.99. The summed E-state index contributed by atoms with van der Waals surface area (Å²) < 4.78 is 4.68. The number of anilines is 1. The number of aromatic nitrogens is 1. The zero-order valence-electron chi connectivity index (χ0n) is 9.91. The molecule has 1 aliphatic heterocycles. The highest BCUT2D eigenvalue weighted by molar-refractivity contribution is 5.74. The van der Waals surface area contributed by atoms with Crippen molar-refractivity contribution in [3.05, 3.63) is 28.4 Å². The van der Waals surface area contributed by atoms with Gasteiger partial charge >= 0.3 is 11.7 Å². The standard InChI is InChI=1S/C11H13N3O4/c1-18-11(15)8-4-6-13(7-8)10-9(14(16)17)3-2-5-12-10/h2-3,5,8H,4,6-7H2,1H3. The molecule has 1 aromatic rings. The Morgan fingerprint density at radius 3 is 3.11 bits per heavy atom. The van der Waals surface area contributed by atoms with E-state index in [2.05, 4.69) is 9.72 Å². The third kappa shape index (κ3) is 2.24. The van der Waals surface area contributed by atoms with E-state index < -0.39 is 4.92 Å². The quantitative estimate of drug-likeness (QED) is 0.452. The summed E-state index contributed by atoms with van der Waals surface area (Å²) in [6.45, 7) is 0.974. The highest BCUT2D eigenvalue weighted by Crippen LogP contribution is 2.29. The molecule has 0 bridgehead atoms. The molecule has 7 heteroatoms. The zero-order valence-corrected chi connectivity index (χ0v) is 9.91. The Morgan fingerprint density at radius 2 is 2.44 bits per heavy atom. The van der Waals surface area contributed by atoms with Crippen molar-refractivity contribution in [2.45, 2.75) is 6.42 Å². The van der Waals surface area contributed by atoms with Gasteiger partial charge in [0.15, 0.2) is 0 Å². The molecule has 2 rings (SSSR count). The Labute approximate surface area is 104 Å². The van der Waals surface area contributed by atoms with Gasteiger partial charge in [-0.05, 0) is 12.5 Å². The van der Waals surface area contributed by atoms with E-state index in [1.54, 1.807) is 4.90 Å². The molecule has 0 amide bonds. The average molecular weight is 251 g/mol. The molecule has 0 saturated carbocycles. The van der Waals surface area contributed by atoms with Gasteiger partial charge in [0, 0.05) is 25.4 Å². The number of hydrogen-bond acceptors (Lipinski definition) is 6. The molecule has 2 heterocycles. The van der Waals surface area contributed by atoms with Gasteiger partial charge in [-0.3, -0.25) is 14.9 Å². The van der Waals surface area contributed by atoms with E-state index in [4.69, 9.17) is 0 Å². The van der Waals surface area contributed by atoms with Crippen molar-refractivity contribution in [3.63, 3.8) is 0 Å². The van der Waals surface area contributed by atoms with Crippen molar-refractivity contribution < 1.29 is 14.5 Å². The van der Waals surface area contributed by atoms with Gasteiger partial charge in [0.2, 0.25) is 5.82 Å². The molecular formula is C11H13N3O4. The van der Waals surface area contributed by atoms with Gasteiger partial charge < -0.3 is 9.64 Å². The van der Waals surface area contributed by atoms with Crippen LogP contribution in [0.4, 0.5) is 11.5 Å². The molecule has 1 unspecified atom stereocenters. The second-order valence-corrected chi connectivity index (χ2v) is 4.06. The van der Waals surface area contributed by atoms with Crippen LogP contribution in [-0.4, -0.2) is 36.1 Å². The van der Waals surface area contributed by atoms with Gasteiger partial charge in [-0.25, -0.2) is 4.98 Å². The minimum Gasteiger partial charge on any atom is -0.469 e. The lowest BCUT2D eigenvalue weighted by Crippen LogP contribution is -2.24. The van der Waals surface area contributed by atoms with Crippen LogP contribution in [0, 0.1) is 16.0 Å². The summed E-state index contributed by atoms with van der Waals surface area (Å²) >= 11 is 0. The van der Waals surface area contributed by atoms with Crippen LogP contribution in [0.2, 0.25) is 0 Å². The average Bonchev–Trinajstić information content (AvgIpc) is 2.87. The Bertz CT molecular complexity index is 477. The molecule has 1 aromatic heterocycles. The van der Waals surface area contributed by atoms with E-state index in [0.29, 0.717) is 25.3 Å². The van der Waals surface area contributed by atoms with Crippen molar-refractivity contribution in [2.24, 2.45) is 5.92 Å². The normalized spacial score (nSPS) is 18.7. The van der Waals surface area contributed by atoms with Gasteiger partial charge in [0.05, 0.1) is 18.0 Å². The van der Waals surface area contributed by atoms with E-state index in [9.17, 15) is 14.9 Å². The number of methoxy groups -OCH3 is 1. The minimum absolute atomic E-state index is 0.0389. The number of hydrogen-bond donors (Lipinski definition) is 0. The molecule has 0 spiro atoms. The first-order chi connectivity index (χ1) is 8.63. The minimum atomic E-state index is -0.464. The zero-order chi connectivity index (χ0) is 13.1. The molecule has 18 heavy (non-hydrogen) atoms. The maximum atomic E-state index is 11.4. The van der Waals surface area contributed by atoms with Crippen LogP contribution in [0.1, 0.15) is 6.42 Å². The SMILES string of the molecule is COC(=O)C1CCN(c2ncccc2[N+](=O)[O-])C1. The highest BCUT2D eigenvalue weighted by Gasteiger charge is 2.32. The number of carbonyl (C=O) groups excluding carboxylic acids is 1. The first-order valence-electron chi connectivity index (χ1n) is 5.55. The second-order valence-electron chi connectivity index (χ2n) is 4.06. The summed E-state index contributed by atoms with van der Waals surface area (Å²) in [5.41, 5.74) is -0.0389. The highest BCUT2D eigenvalue weighted by atomic mass is 16.6. The molecule has 0 aliphatic carbocycles. The summed E-state index contributed by atoms with van der Waals surface area (Å²) in [4.78, 5) is 27.6. The molecule has 1 fully saturated rings. The molecule has 7 nitrogen and oxygen atoms in total. The molecule has 0 aromatic carbocycles. The van der Waals surface area contributed by atoms with Crippen LogP contribution in [0.15, 0.2) is 18.3 Å². The molecule has 0 N–H and O–H groups in total. The number of nitro groups is 1. The van der Waals surface area contributed by atoms with Crippen LogP contribution < -0.4 is 4.90 Å². The first kappa shape index (κ1) is 12.3. The van der Waals surface area contributed by atoms with Crippen LogP contribution in [0.5, 0.6) is 0 Å². The molecular weight excluding hydrogens is 238 g/mol. The van der Waals surface area contributed by atoms with Crippen LogP contribution in [-0.2, 0) is 9.53 Å². The molecule has 96 valence electrons. The van der Waals surface area contributed by atoms with Crippen molar-refractivity contribution in [3.8, 4) is 0 Å². The summed E-state index contributed by atoms with van der Waals surface area (Å²) in [6.07, 6.45) is 2.13. The largest absolute Gasteiger partial charge is 0.469 e. The van der Waals surface area contributed by atoms with Crippen LogP contribution in [0.3, 0.4) is 0 Å². The van der Waals surface area contributed by atoms with Crippen molar-refractivity contribution in [2.75, 3.05) is 25.1 Å². The summed E-state index contributed by atoms with van der Waals surface area (Å²) in [6, 6.07) is 2.93. The lowest BCUT2D eigenvalue weighted by Gasteiger charge is -2.16.